The molecule has 0 aliphatic heterocycles. The van der Waals surface area contributed by atoms with Crippen molar-refractivity contribution in [2.75, 3.05) is 14.2 Å². The third kappa shape index (κ3) is 15.7. The molecule has 0 heterocycles. The fourth-order valence-corrected chi connectivity index (χ4v) is 0.340. The van der Waals surface area contributed by atoms with Crippen molar-refractivity contribution in [2.24, 2.45) is 0 Å². The molecule has 0 spiro atoms. The topological polar surface area (TPSA) is 46.1 Å². The molecule has 2 nitrogen and oxygen atoms in total. The maximum absolute atomic E-state index is 8.25. The number of hydrogen-bond donors (Lipinski definition) is 0. The summed E-state index contributed by atoms with van der Waals surface area (Å²) in [4.78, 5) is 0. The van der Waals surface area contributed by atoms with Gasteiger partial charge in [0, 0.05) is 0 Å². The molecule has 1 aliphatic carbocycles. The van der Waals surface area contributed by atoms with E-state index in [0.29, 0.717) is 0 Å². The summed E-state index contributed by atoms with van der Waals surface area (Å²) in [6.45, 7) is 0. The third-order valence-electron chi connectivity index (χ3n) is 0.586. The second-order valence-corrected chi connectivity index (χ2v) is 1.00. The van der Waals surface area contributed by atoms with Crippen LogP contribution in [0.15, 0.2) is 18.2 Å². The zero-order valence-electron chi connectivity index (χ0n) is 6.26. The van der Waals surface area contributed by atoms with E-state index in [1.54, 1.807) is 0 Å². The van der Waals surface area contributed by atoms with E-state index < -0.39 is 0 Å². The second kappa shape index (κ2) is 22.9. The number of rotatable bonds is 0. The Bertz CT molecular complexity index is 69.7. The first-order valence-corrected chi connectivity index (χ1v) is 2.53. The molecule has 1 aliphatic rings. The molecule has 55 valence electrons. The van der Waals surface area contributed by atoms with Crippen LogP contribution in [0.3, 0.4) is 0 Å². The van der Waals surface area contributed by atoms with Gasteiger partial charge in [0.05, 0.1) is 0 Å². The first-order valence-electron chi connectivity index (χ1n) is 2.53. The zero-order chi connectivity index (χ0) is 7.54. The van der Waals surface area contributed by atoms with E-state index in [-0.39, 0.29) is 21.7 Å². The van der Waals surface area contributed by atoms with Gasteiger partial charge in [0.1, 0.15) is 0 Å². The Morgan fingerprint density at radius 1 is 1.20 bits per heavy atom. The molecule has 0 atom stereocenters. The summed E-state index contributed by atoms with van der Waals surface area (Å²) in [7, 11) is 1.50. The second-order valence-electron chi connectivity index (χ2n) is 1.00. The van der Waals surface area contributed by atoms with Crippen LogP contribution in [0.25, 0.3) is 0 Å². The molecule has 0 aromatic heterocycles. The summed E-state index contributed by atoms with van der Waals surface area (Å²) in [6.07, 6.45) is 10.0. The van der Waals surface area contributed by atoms with Gasteiger partial charge >= 0.3 is 21.7 Å². The van der Waals surface area contributed by atoms with Crippen LogP contribution in [0.4, 0.5) is 0 Å². The predicted molar refractivity (Wildman–Crippen MR) is 33.4 cm³/mol. The molecule has 0 fully saturated rings. The fraction of sp³-hybridized carbons (Fsp3) is 0.429. The molecule has 0 aromatic rings. The molecular formula is C7H11O2Ti. The Labute approximate surface area is 77.2 Å². The van der Waals surface area contributed by atoms with Gasteiger partial charge < -0.3 is 10.2 Å². The Morgan fingerprint density at radius 3 is 1.80 bits per heavy atom. The van der Waals surface area contributed by atoms with Crippen LogP contribution in [0.2, 0.25) is 0 Å². The van der Waals surface area contributed by atoms with Crippen LogP contribution in [0, 0.1) is 6.08 Å². The van der Waals surface area contributed by atoms with Crippen LogP contribution >= 0.6 is 0 Å². The van der Waals surface area contributed by atoms with Gasteiger partial charge in [-0.2, -0.15) is 20.3 Å². The van der Waals surface area contributed by atoms with Crippen LogP contribution in [0.5, 0.6) is 0 Å². The molecule has 0 saturated carbocycles. The Hall–Kier alpha value is 0.114. The first-order chi connectivity index (χ1) is 4.50. The SMILES string of the molecule is C[O-].C[O-].[C-]1=CC=CC1.[Ti+3]. The molecular weight excluding hydrogens is 164 g/mol. The maximum Gasteiger partial charge on any atom is 3.00 e. The Balaban J connectivity index is -0.0000000875. The monoisotopic (exact) mass is 175 g/mol. The average Bonchev–Trinajstić information content (AvgIpc) is 2.51. The zero-order valence-corrected chi connectivity index (χ0v) is 7.82. The van der Waals surface area contributed by atoms with Crippen LogP contribution in [-0.2, 0) is 21.7 Å². The van der Waals surface area contributed by atoms with Gasteiger partial charge in [-0.25, -0.2) is 12.2 Å². The van der Waals surface area contributed by atoms with E-state index >= 15 is 0 Å². The van der Waals surface area contributed by atoms with E-state index in [9.17, 15) is 0 Å². The number of allylic oxidation sites excluding steroid dienone is 4. The van der Waals surface area contributed by atoms with Gasteiger partial charge in [-0.15, -0.1) is 6.42 Å². The summed E-state index contributed by atoms with van der Waals surface area (Å²) in [5, 5.41) is 16.5. The van der Waals surface area contributed by atoms with Gasteiger partial charge in [-0.1, -0.05) is 0 Å². The van der Waals surface area contributed by atoms with E-state index in [2.05, 4.69) is 12.2 Å². The summed E-state index contributed by atoms with van der Waals surface area (Å²) in [5.74, 6) is 0. The van der Waals surface area contributed by atoms with Crippen molar-refractivity contribution in [1.82, 2.24) is 0 Å². The van der Waals surface area contributed by atoms with Crippen molar-refractivity contribution in [2.45, 2.75) is 6.42 Å². The molecule has 0 saturated heterocycles. The van der Waals surface area contributed by atoms with Crippen molar-refractivity contribution < 1.29 is 31.9 Å². The van der Waals surface area contributed by atoms with Gasteiger partial charge in [0.15, 0.2) is 0 Å². The molecule has 1 radical (unpaired) electrons. The molecule has 1 rings (SSSR count). The van der Waals surface area contributed by atoms with Gasteiger partial charge in [0.25, 0.3) is 0 Å². The van der Waals surface area contributed by atoms with Crippen LogP contribution in [-0.4, -0.2) is 14.2 Å². The summed E-state index contributed by atoms with van der Waals surface area (Å²) < 4.78 is 0. The standard InChI is InChI=1S/C5H5.2CH3O.Ti/c1-2-4-5-3-1;2*1-2;/h1-3H,4H2;2*1H3;/q3*-1;+3. The number of hydrogen-bond acceptors (Lipinski definition) is 2. The molecule has 0 amide bonds. The molecule has 0 bridgehead atoms. The smallest absolute Gasteiger partial charge is 0.857 e. The quantitative estimate of drug-likeness (QED) is 0.359. The van der Waals surface area contributed by atoms with Gasteiger partial charge in [0.2, 0.25) is 0 Å². The van der Waals surface area contributed by atoms with Gasteiger partial charge in [-0.3, -0.25) is 6.08 Å². The minimum absolute atomic E-state index is 0. The normalized spacial score (nSPS) is 10.0. The van der Waals surface area contributed by atoms with E-state index in [0.717, 1.165) is 20.6 Å². The van der Waals surface area contributed by atoms with Crippen molar-refractivity contribution in [3.05, 3.63) is 24.3 Å². The molecule has 0 N–H and O–H groups in total. The third-order valence-corrected chi connectivity index (χ3v) is 0.586. The Kier molecular flexibility index (Phi) is 38.1. The molecule has 0 unspecified atom stereocenters. The van der Waals surface area contributed by atoms with Crippen molar-refractivity contribution in [3.63, 3.8) is 0 Å². The minimum atomic E-state index is 0. The summed E-state index contributed by atoms with van der Waals surface area (Å²) >= 11 is 0. The minimum Gasteiger partial charge on any atom is -0.857 e. The van der Waals surface area contributed by atoms with Gasteiger partial charge in [-0.05, 0) is 0 Å². The Morgan fingerprint density at radius 2 is 1.70 bits per heavy atom. The largest absolute Gasteiger partial charge is 3.00 e. The first kappa shape index (κ1) is 16.6. The van der Waals surface area contributed by atoms with E-state index in [1.165, 1.54) is 0 Å². The van der Waals surface area contributed by atoms with Crippen molar-refractivity contribution >= 4 is 0 Å². The van der Waals surface area contributed by atoms with Crippen LogP contribution in [0.1, 0.15) is 6.42 Å². The summed E-state index contributed by atoms with van der Waals surface area (Å²) in [6, 6.07) is 0. The van der Waals surface area contributed by atoms with Crippen LogP contribution < -0.4 is 10.2 Å². The predicted octanol–water partition coefficient (Wildman–Crippen LogP) is -0.744. The molecule has 0 aromatic carbocycles. The van der Waals surface area contributed by atoms with E-state index in [4.69, 9.17) is 10.2 Å². The van der Waals surface area contributed by atoms with E-state index in [1.807, 2.05) is 12.2 Å². The maximum atomic E-state index is 8.25. The molecule has 10 heavy (non-hydrogen) atoms. The summed E-state index contributed by atoms with van der Waals surface area (Å²) in [5.41, 5.74) is 0. The fourth-order valence-electron chi connectivity index (χ4n) is 0.340. The average molecular weight is 175 g/mol. The van der Waals surface area contributed by atoms with Crippen molar-refractivity contribution in [1.29, 1.82) is 0 Å². The van der Waals surface area contributed by atoms with Crippen molar-refractivity contribution in [3.8, 4) is 0 Å². The molecule has 3 heteroatoms.